The molecule has 26 heavy (non-hydrogen) atoms. The van der Waals surface area contributed by atoms with E-state index in [2.05, 4.69) is 5.32 Å². The van der Waals surface area contributed by atoms with Crippen molar-refractivity contribution in [3.63, 3.8) is 0 Å². The summed E-state index contributed by atoms with van der Waals surface area (Å²) in [6, 6.07) is 8.11. The molecule has 1 aromatic carbocycles. The van der Waals surface area contributed by atoms with Gasteiger partial charge in [-0.3, -0.25) is 9.69 Å². The predicted octanol–water partition coefficient (Wildman–Crippen LogP) is 1.61. The van der Waals surface area contributed by atoms with Gasteiger partial charge in [-0.1, -0.05) is 0 Å². The Kier molecular flexibility index (Phi) is 6.41. The molecular formula is C17H23N3O5S. The number of carbonyl (C=O) groups excluding carboxylic acids is 1. The van der Waals surface area contributed by atoms with Crippen LogP contribution >= 0.6 is 0 Å². The van der Waals surface area contributed by atoms with Crippen LogP contribution in [0.15, 0.2) is 45.9 Å². The molecule has 0 aliphatic heterocycles. The minimum Gasteiger partial charge on any atom is -0.495 e. The zero-order valence-corrected chi connectivity index (χ0v) is 16.0. The second kappa shape index (κ2) is 8.35. The van der Waals surface area contributed by atoms with Crippen LogP contribution in [-0.2, 0) is 21.4 Å². The highest BCUT2D eigenvalue weighted by molar-refractivity contribution is 7.89. The van der Waals surface area contributed by atoms with E-state index >= 15 is 0 Å². The summed E-state index contributed by atoms with van der Waals surface area (Å²) in [7, 11) is 2.35. The van der Waals surface area contributed by atoms with E-state index in [1.54, 1.807) is 30.3 Å². The quantitative estimate of drug-likeness (QED) is 0.747. The summed E-state index contributed by atoms with van der Waals surface area (Å²) >= 11 is 0. The molecule has 1 aromatic heterocycles. The Labute approximate surface area is 153 Å². The molecule has 0 aliphatic rings. The summed E-state index contributed by atoms with van der Waals surface area (Å²) < 4.78 is 36.3. The second-order valence-electron chi connectivity index (χ2n) is 5.95. The Morgan fingerprint density at radius 1 is 1.23 bits per heavy atom. The monoisotopic (exact) mass is 381 g/mol. The minimum absolute atomic E-state index is 0.00765. The Morgan fingerprint density at radius 2 is 1.96 bits per heavy atom. The topological polar surface area (TPSA) is 92.1 Å². The van der Waals surface area contributed by atoms with Gasteiger partial charge in [0, 0.05) is 19.8 Å². The van der Waals surface area contributed by atoms with Crippen molar-refractivity contribution in [1.82, 2.24) is 9.21 Å². The molecule has 0 spiro atoms. The van der Waals surface area contributed by atoms with Crippen LogP contribution in [0.25, 0.3) is 0 Å². The van der Waals surface area contributed by atoms with Crippen LogP contribution in [0.3, 0.4) is 0 Å². The number of likely N-dealkylation sites (N-methyl/N-ethyl adjacent to an activating group) is 1. The molecule has 0 fully saturated rings. The molecule has 0 radical (unpaired) electrons. The molecule has 9 heteroatoms. The van der Waals surface area contributed by atoms with Gasteiger partial charge in [-0.2, -0.15) is 0 Å². The van der Waals surface area contributed by atoms with Gasteiger partial charge in [-0.25, -0.2) is 12.7 Å². The molecule has 1 amide bonds. The van der Waals surface area contributed by atoms with Gasteiger partial charge < -0.3 is 14.5 Å². The van der Waals surface area contributed by atoms with Crippen LogP contribution in [0, 0.1) is 0 Å². The Hall–Kier alpha value is -2.36. The third-order valence-electron chi connectivity index (χ3n) is 3.63. The average Bonchev–Trinajstić information content (AvgIpc) is 3.07. The fourth-order valence-corrected chi connectivity index (χ4v) is 3.40. The SMILES string of the molecule is COc1ccc(NC(=O)CN(C)Cc2ccco2)cc1S(=O)(=O)N(C)C. The molecule has 142 valence electrons. The van der Waals surface area contributed by atoms with Gasteiger partial charge in [-0.05, 0) is 37.4 Å². The van der Waals surface area contributed by atoms with E-state index in [0.29, 0.717) is 12.2 Å². The smallest absolute Gasteiger partial charge is 0.246 e. The number of amides is 1. The number of benzene rings is 1. The summed E-state index contributed by atoms with van der Waals surface area (Å²) in [6.07, 6.45) is 1.58. The number of furan rings is 1. The maximum absolute atomic E-state index is 12.4. The number of ether oxygens (including phenoxy) is 1. The zero-order chi connectivity index (χ0) is 19.3. The lowest BCUT2D eigenvalue weighted by Gasteiger charge is -2.17. The number of rotatable bonds is 8. The summed E-state index contributed by atoms with van der Waals surface area (Å²) in [5, 5.41) is 2.71. The lowest BCUT2D eigenvalue weighted by Crippen LogP contribution is -2.30. The van der Waals surface area contributed by atoms with E-state index < -0.39 is 10.0 Å². The van der Waals surface area contributed by atoms with Gasteiger partial charge in [0.2, 0.25) is 15.9 Å². The highest BCUT2D eigenvalue weighted by atomic mass is 32.2. The van der Waals surface area contributed by atoms with Gasteiger partial charge in [0.15, 0.2) is 0 Å². The van der Waals surface area contributed by atoms with Gasteiger partial charge in [-0.15, -0.1) is 0 Å². The van der Waals surface area contributed by atoms with E-state index in [4.69, 9.17) is 9.15 Å². The summed E-state index contributed by atoms with van der Waals surface area (Å²) in [5.74, 6) is 0.702. The molecule has 1 N–H and O–H groups in total. The van der Waals surface area contributed by atoms with Crippen LogP contribution in [0.4, 0.5) is 5.69 Å². The minimum atomic E-state index is -3.70. The molecule has 0 aliphatic carbocycles. The third-order valence-corrected chi connectivity index (χ3v) is 5.46. The molecule has 1 heterocycles. The number of nitrogens with zero attached hydrogens (tertiary/aromatic N) is 2. The van der Waals surface area contributed by atoms with Crippen molar-refractivity contribution in [3.8, 4) is 5.75 Å². The second-order valence-corrected chi connectivity index (χ2v) is 8.07. The maximum Gasteiger partial charge on any atom is 0.246 e. The first-order valence-corrected chi connectivity index (χ1v) is 9.29. The van der Waals surface area contributed by atoms with E-state index in [1.807, 2.05) is 6.07 Å². The van der Waals surface area contributed by atoms with E-state index in [0.717, 1.165) is 10.1 Å². The summed E-state index contributed by atoms with van der Waals surface area (Å²) in [4.78, 5) is 14.0. The number of hydrogen-bond acceptors (Lipinski definition) is 6. The Bertz CT molecular complexity index is 847. The van der Waals surface area contributed by atoms with Crippen LogP contribution in [0.5, 0.6) is 5.75 Å². The fraction of sp³-hybridized carbons (Fsp3) is 0.353. The molecule has 0 saturated heterocycles. The van der Waals surface area contributed by atoms with E-state index in [1.165, 1.54) is 33.3 Å². The van der Waals surface area contributed by atoms with Gasteiger partial charge in [0.1, 0.15) is 16.4 Å². The maximum atomic E-state index is 12.4. The number of hydrogen-bond donors (Lipinski definition) is 1. The van der Waals surface area contributed by atoms with Crippen molar-refractivity contribution in [2.24, 2.45) is 0 Å². The Balaban J connectivity index is 2.10. The van der Waals surface area contributed by atoms with Gasteiger partial charge in [0.25, 0.3) is 0 Å². The number of sulfonamides is 1. The standard InChI is InChI=1S/C17H23N3O5S/c1-19(2)26(22,23)16-10-13(7-8-15(16)24-4)18-17(21)12-20(3)11-14-6-5-9-25-14/h5-10H,11-12H2,1-4H3,(H,18,21). The van der Waals surface area contributed by atoms with Gasteiger partial charge >= 0.3 is 0 Å². The van der Waals surface area contributed by atoms with Gasteiger partial charge in [0.05, 0.1) is 26.5 Å². The van der Waals surface area contributed by atoms with Crippen molar-refractivity contribution < 1.29 is 22.4 Å². The molecular weight excluding hydrogens is 358 g/mol. The normalized spacial score (nSPS) is 11.8. The van der Waals surface area contributed by atoms with E-state index in [-0.39, 0.29) is 23.1 Å². The zero-order valence-electron chi connectivity index (χ0n) is 15.2. The van der Waals surface area contributed by atoms with Crippen molar-refractivity contribution in [1.29, 1.82) is 0 Å². The molecule has 0 saturated carbocycles. The summed E-state index contributed by atoms with van der Waals surface area (Å²) in [6.45, 7) is 0.617. The largest absolute Gasteiger partial charge is 0.495 e. The molecule has 8 nitrogen and oxygen atoms in total. The van der Waals surface area contributed by atoms with Crippen molar-refractivity contribution in [2.75, 3.05) is 40.1 Å². The lowest BCUT2D eigenvalue weighted by molar-refractivity contribution is -0.117. The first-order valence-electron chi connectivity index (χ1n) is 7.85. The molecule has 0 bridgehead atoms. The molecule has 0 atom stereocenters. The highest BCUT2D eigenvalue weighted by Gasteiger charge is 2.23. The average molecular weight is 381 g/mol. The molecule has 0 unspecified atom stereocenters. The first-order chi connectivity index (χ1) is 12.2. The predicted molar refractivity (Wildman–Crippen MR) is 97.5 cm³/mol. The fourth-order valence-electron chi connectivity index (χ4n) is 2.32. The number of anilines is 1. The number of nitrogens with one attached hydrogen (secondary N) is 1. The lowest BCUT2D eigenvalue weighted by atomic mass is 10.3. The molecule has 2 rings (SSSR count). The van der Waals surface area contributed by atoms with Crippen molar-refractivity contribution >= 4 is 21.6 Å². The third kappa shape index (κ3) is 4.84. The first kappa shape index (κ1) is 20.0. The highest BCUT2D eigenvalue weighted by Crippen LogP contribution is 2.28. The van der Waals surface area contributed by atoms with Crippen molar-refractivity contribution in [2.45, 2.75) is 11.4 Å². The van der Waals surface area contributed by atoms with Crippen LogP contribution in [-0.4, -0.2) is 58.3 Å². The van der Waals surface area contributed by atoms with E-state index in [9.17, 15) is 13.2 Å². The number of methoxy groups -OCH3 is 1. The summed E-state index contributed by atoms with van der Waals surface area (Å²) in [5.41, 5.74) is 0.377. The Morgan fingerprint density at radius 3 is 2.54 bits per heavy atom. The van der Waals surface area contributed by atoms with Crippen LogP contribution in [0.2, 0.25) is 0 Å². The van der Waals surface area contributed by atoms with Crippen LogP contribution in [0.1, 0.15) is 5.76 Å². The number of carbonyl (C=O) groups is 1. The molecule has 2 aromatic rings. The van der Waals surface area contributed by atoms with Crippen LogP contribution < -0.4 is 10.1 Å². The van der Waals surface area contributed by atoms with Crippen molar-refractivity contribution in [3.05, 3.63) is 42.4 Å².